The van der Waals surface area contributed by atoms with Crippen LogP contribution in [0.25, 0.3) is 10.8 Å². The van der Waals surface area contributed by atoms with Crippen molar-refractivity contribution >= 4 is 10.8 Å². The predicted molar refractivity (Wildman–Crippen MR) is 98.4 cm³/mol. The van der Waals surface area contributed by atoms with Gasteiger partial charge in [-0.2, -0.15) is 0 Å². The van der Waals surface area contributed by atoms with Gasteiger partial charge in [-0.05, 0) is 67.5 Å². The van der Waals surface area contributed by atoms with E-state index in [1.165, 1.54) is 6.07 Å². The van der Waals surface area contributed by atoms with Crippen LogP contribution in [0.4, 0.5) is 4.39 Å². The second-order valence-corrected chi connectivity index (χ2v) is 7.22. The fraction of sp³-hybridized carbons (Fsp3) is 0.550. The van der Waals surface area contributed by atoms with E-state index in [2.05, 4.69) is 18.8 Å². The summed E-state index contributed by atoms with van der Waals surface area (Å²) in [5.41, 5.74) is 6.25. The Labute approximate surface area is 147 Å². The lowest BCUT2D eigenvalue weighted by Gasteiger charge is -2.43. The van der Waals surface area contributed by atoms with Crippen LogP contribution in [0.2, 0.25) is 0 Å². The molecule has 3 N–H and O–H groups in total. The molecule has 3 rings (SSSR count). The van der Waals surface area contributed by atoms with Gasteiger partial charge in [0.2, 0.25) is 0 Å². The number of aromatic nitrogens is 1. The van der Waals surface area contributed by atoms with Crippen LogP contribution >= 0.6 is 0 Å². The standard InChI is InChI=1S/C20H27FN2O2/c1-3-18(22)20(4-2)8-5-14(6-9-20)25-17-11-13-7-10-23-19(24)15(13)12-16(17)21/h7,10-12,14,18H,3-6,8-9,22H2,1-2H3,(H,23,24). The lowest BCUT2D eigenvalue weighted by molar-refractivity contribution is 0.0549. The van der Waals surface area contributed by atoms with Crippen LogP contribution < -0.4 is 16.0 Å². The van der Waals surface area contributed by atoms with Crippen LogP contribution in [0.15, 0.2) is 29.2 Å². The molecule has 0 spiro atoms. The van der Waals surface area contributed by atoms with Crippen LogP contribution in [-0.4, -0.2) is 17.1 Å². The van der Waals surface area contributed by atoms with Crippen LogP contribution in [-0.2, 0) is 0 Å². The second kappa shape index (κ2) is 7.16. The fourth-order valence-corrected chi connectivity index (χ4v) is 4.16. The quantitative estimate of drug-likeness (QED) is 0.855. The molecule has 1 aromatic carbocycles. The summed E-state index contributed by atoms with van der Waals surface area (Å²) in [6, 6.07) is 4.85. The highest BCUT2D eigenvalue weighted by Gasteiger charge is 2.38. The molecule has 0 radical (unpaired) electrons. The number of ether oxygens (including phenoxy) is 1. The summed E-state index contributed by atoms with van der Waals surface area (Å²) < 4.78 is 20.3. The maximum absolute atomic E-state index is 14.4. The zero-order chi connectivity index (χ0) is 18.0. The third kappa shape index (κ3) is 3.43. The first-order chi connectivity index (χ1) is 12.0. The monoisotopic (exact) mass is 346 g/mol. The van der Waals surface area contributed by atoms with E-state index in [1.807, 2.05) is 0 Å². The number of H-pyrrole nitrogens is 1. The Balaban J connectivity index is 1.75. The van der Waals surface area contributed by atoms with E-state index in [4.69, 9.17) is 10.5 Å². The van der Waals surface area contributed by atoms with Gasteiger partial charge in [0.1, 0.15) is 0 Å². The molecule has 1 fully saturated rings. The Kier molecular flexibility index (Phi) is 5.13. The molecule has 1 atom stereocenters. The smallest absolute Gasteiger partial charge is 0.255 e. The highest BCUT2D eigenvalue weighted by Crippen LogP contribution is 2.43. The molecule has 1 unspecified atom stereocenters. The Hall–Kier alpha value is -1.88. The summed E-state index contributed by atoms with van der Waals surface area (Å²) >= 11 is 0. The minimum Gasteiger partial charge on any atom is -0.487 e. The Morgan fingerprint density at radius 1 is 1.36 bits per heavy atom. The van der Waals surface area contributed by atoms with Crippen LogP contribution in [0.3, 0.4) is 0 Å². The number of aromatic amines is 1. The molecule has 1 aliphatic rings. The summed E-state index contributed by atoms with van der Waals surface area (Å²) in [5, 5.41) is 1.03. The second-order valence-electron chi connectivity index (χ2n) is 7.22. The normalized spacial score (nSPS) is 25.0. The van der Waals surface area contributed by atoms with Crippen molar-refractivity contribution in [3.05, 3.63) is 40.6 Å². The Bertz CT molecular complexity index is 794. The van der Waals surface area contributed by atoms with Crippen LogP contribution in [0.5, 0.6) is 5.75 Å². The summed E-state index contributed by atoms with van der Waals surface area (Å²) in [6.45, 7) is 4.34. The van der Waals surface area contributed by atoms with E-state index < -0.39 is 5.82 Å². The van der Waals surface area contributed by atoms with Gasteiger partial charge in [-0.15, -0.1) is 0 Å². The third-order valence-corrected chi connectivity index (χ3v) is 5.98. The molecule has 25 heavy (non-hydrogen) atoms. The lowest BCUT2D eigenvalue weighted by atomic mass is 9.66. The van der Waals surface area contributed by atoms with E-state index in [0.717, 1.165) is 38.5 Å². The average molecular weight is 346 g/mol. The summed E-state index contributed by atoms with van der Waals surface area (Å²) in [7, 11) is 0. The summed E-state index contributed by atoms with van der Waals surface area (Å²) in [5.74, 6) is -0.256. The van der Waals surface area contributed by atoms with Crippen molar-refractivity contribution in [2.75, 3.05) is 0 Å². The minimum atomic E-state index is -0.484. The number of benzene rings is 1. The zero-order valence-electron chi connectivity index (χ0n) is 15.0. The van der Waals surface area contributed by atoms with Gasteiger partial charge >= 0.3 is 0 Å². The molecule has 0 amide bonds. The van der Waals surface area contributed by atoms with Crippen molar-refractivity contribution in [1.82, 2.24) is 4.98 Å². The van der Waals surface area contributed by atoms with Gasteiger partial charge in [-0.1, -0.05) is 13.8 Å². The van der Waals surface area contributed by atoms with Crippen LogP contribution in [0, 0.1) is 11.2 Å². The fourth-order valence-electron chi connectivity index (χ4n) is 4.16. The molecule has 2 aromatic rings. The predicted octanol–water partition coefficient (Wildman–Crippen LogP) is 4.12. The zero-order valence-corrected chi connectivity index (χ0v) is 15.0. The van der Waals surface area contributed by atoms with Gasteiger partial charge in [0.15, 0.2) is 11.6 Å². The van der Waals surface area contributed by atoms with Crippen molar-refractivity contribution in [2.45, 2.75) is 64.5 Å². The topological polar surface area (TPSA) is 68.1 Å². The Morgan fingerprint density at radius 2 is 2.08 bits per heavy atom. The third-order valence-electron chi connectivity index (χ3n) is 5.98. The van der Waals surface area contributed by atoms with Crippen molar-refractivity contribution in [1.29, 1.82) is 0 Å². The highest BCUT2D eigenvalue weighted by atomic mass is 19.1. The number of fused-ring (bicyclic) bond motifs is 1. The van der Waals surface area contributed by atoms with Crippen molar-refractivity contribution in [3.63, 3.8) is 0 Å². The van der Waals surface area contributed by atoms with Crippen molar-refractivity contribution in [3.8, 4) is 5.75 Å². The number of hydrogen-bond acceptors (Lipinski definition) is 3. The SMILES string of the molecule is CCC(N)C1(CC)CCC(Oc2cc3cc[nH]c(=O)c3cc2F)CC1. The van der Waals surface area contributed by atoms with E-state index >= 15 is 0 Å². The van der Waals surface area contributed by atoms with Gasteiger partial charge < -0.3 is 15.5 Å². The molecule has 0 bridgehead atoms. The molecule has 0 saturated heterocycles. The molecule has 5 heteroatoms. The number of nitrogens with one attached hydrogen (secondary N) is 1. The number of nitrogens with two attached hydrogens (primary N) is 1. The van der Waals surface area contributed by atoms with Crippen molar-refractivity contribution in [2.24, 2.45) is 11.1 Å². The molecule has 1 aliphatic carbocycles. The Morgan fingerprint density at radius 3 is 2.72 bits per heavy atom. The molecule has 1 aromatic heterocycles. The van der Waals surface area contributed by atoms with Gasteiger partial charge in [0.05, 0.1) is 11.5 Å². The first-order valence-corrected chi connectivity index (χ1v) is 9.22. The first kappa shape index (κ1) is 17.9. The van der Waals surface area contributed by atoms with Gasteiger partial charge in [0, 0.05) is 12.2 Å². The first-order valence-electron chi connectivity index (χ1n) is 9.22. The van der Waals surface area contributed by atoms with Crippen LogP contribution in [0.1, 0.15) is 52.4 Å². The molecule has 1 saturated carbocycles. The van der Waals surface area contributed by atoms with Gasteiger partial charge in [-0.3, -0.25) is 4.79 Å². The highest BCUT2D eigenvalue weighted by molar-refractivity contribution is 5.82. The summed E-state index contributed by atoms with van der Waals surface area (Å²) in [4.78, 5) is 14.3. The molecular formula is C20H27FN2O2. The number of pyridine rings is 1. The number of hydrogen-bond donors (Lipinski definition) is 2. The summed E-state index contributed by atoms with van der Waals surface area (Å²) in [6.07, 6.45) is 7.40. The van der Waals surface area contributed by atoms with E-state index in [1.54, 1.807) is 18.3 Å². The van der Waals surface area contributed by atoms with Gasteiger partial charge in [-0.25, -0.2) is 4.39 Å². The molecule has 1 heterocycles. The molecule has 4 nitrogen and oxygen atoms in total. The lowest BCUT2D eigenvalue weighted by Crippen LogP contribution is -2.45. The largest absolute Gasteiger partial charge is 0.487 e. The number of halogens is 1. The van der Waals surface area contributed by atoms with E-state index in [0.29, 0.717) is 10.8 Å². The van der Waals surface area contributed by atoms with Crippen molar-refractivity contribution < 1.29 is 9.13 Å². The van der Waals surface area contributed by atoms with E-state index in [-0.39, 0.29) is 28.9 Å². The minimum absolute atomic E-state index is 0.00215. The molecular weight excluding hydrogens is 319 g/mol. The van der Waals surface area contributed by atoms with E-state index in [9.17, 15) is 9.18 Å². The molecule has 0 aliphatic heterocycles. The molecule has 136 valence electrons. The maximum Gasteiger partial charge on any atom is 0.255 e. The maximum atomic E-state index is 14.4. The number of rotatable bonds is 5. The average Bonchev–Trinajstić information content (AvgIpc) is 2.63. The van der Waals surface area contributed by atoms with Gasteiger partial charge in [0.25, 0.3) is 5.56 Å².